The molecule has 9 nitrogen and oxygen atoms in total. The highest BCUT2D eigenvalue weighted by Gasteiger charge is 2.16. The second kappa shape index (κ2) is 8.17. The lowest BCUT2D eigenvalue weighted by atomic mass is 10.3. The Morgan fingerprint density at radius 1 is 1.38 bits per heavy atom. The zero-order valence-electron chi connectivity index (χ0n) is 14.0. The molecule has 0 saturated carbocycles. The van der Waals surface area contributed by atoms with Gasteiger partial charge in [0.25, 0.3) is 10.0 Å². The van der Waals surface area contributed by atoms with Crippen molar-refractivity contribution >= 4 is 27.5 Å². The number of nitrogens with zero attached hydrogens (tertiary/aromatic N) is 2. The predicted molar refractivity (Wildman–Crippen MR) is 92.4 cm³/mol. The van der Waals surface area contributed by atoms with Crippen molar-refractivity contribution in [1.82, 2.24) is 5.16 Å². The first-order valence-corrected chi connectivity index (χ1v) is 8.94. The Balaban J connectivity index is 2.10. The lowest BCUT2D eigenvalue weighted by molar-refractivity contribution is -0.138. The molecule has 10 heteroatoms. The summed E-state index contributed by atoms with van der Waals surface area (Å²) >= 11 is 0. The van der Waals surface area contributed by atoms with Crippen LogP contribution in [0.1, 0.15) is 12.7 Å². The van der Waals surface area contributed by atoms with Gasteiger partial charge in [-0.2, -0.15) is 5.26 Å². The molecule has 0 saturated heterocycles. The lowest BCUT2D eigenvalue weighted by Crippen LogP contribution is -2.13. The first-order valence-electron chi connectivity index (χ1n) is 7.46. The molecule has 136 valence electrons. The van der Waals surface area contributed by atoms with Gasteiger partial charge in [-0.05, 0) is 38.1 Å². The number of carbonyl (C=O) groups excluding carboxylic acids is 1. The summed E-state index contributed by atoms with van der Waals surface area (Å²) in [7, 11) is -3.82. The summed E-state index contributed by atoms with van der Waals surface area (Å²) in [6, 6.07) is 8.88. The van der Waals surface area contributed by atoms with E-state index in [2.05, 4.69) is 15.2 Å². The van der Waals surface area contributed by atoms with Crippen molar-refractivity contribution < 1.29 is 22.5 Å². The van der Waals surface area contributed by atoms with Crippen LogP contribution in [-0.2, 0) is 19.6 Å². The van der Waals surface area contributed by atoms with Gasteiger partial charge in [-0.15, -0.1) is 0 Å². The Kier molecular flexibility index (Phi) is 5.98. The van der Waals surface area contributed by atoms with Gasteiger partial charge in [-0.1, -0.05) is 5.16 Å². The Morgan fingerprint density at radius 3 is 2.62 bits per heavy atom. The third-order valence-electron chi connectivity index (χ3n) is 3.03. The number of aryl methyl sites for hydroxylation is 1. The van der Waals surface area contributed by atoms with Gasteiger partial charge in [0.05, 0.1) is 11.5 Å². The van der Waals surface area contributed by atoms with Crippen molar-refractivity contribution in [2.45, 2.75) is 18.7 Å². The molecule has 0 amide bonds. The fraction of sp³-hybridized carbons (Fsp3) is 0.188. The minimum Gasteiger partial charge on any atom is -0.462 e. The summed E-state index contributed by atoms with van der Waals surface area (Å²) < 4.78 is 36.4. The lowest BCUT2D eigenvalue weighted by Gasteiger charge is -2.07. The van der Waals surface area contributed by atoms with Crippen LogP contribution in [0.25, 0.3) is 0 Å². The first kappa shape index (κ1) is 19.0. The summed E-state index contributed by atoms with van der Waals surface area (Å²) in [4.78, 5) is 11.5. The Bertz CT molecular complexity index is 955. The molecule has 0 aliphatic heterocycles. The van der Waals surface area contributed by atoms with Crippen LogP contribution in [0.2, 0.25) is 0 Å². The van der Waals surface area contributed by atoms with Gasteiger partial charge in [0, 0.05) is 18.0 Å². The monoisotopic (exact) mass is 376 g/mol. The van der Waals surface area contributed by atoms with E-state index >= 15 is 0 Å². The largest absolute Gasteiger partial charge is 0.462 e. The number of sulfonamides is 1. The fourth-order valence-corrected chi connectivity index (χ4v) is 2.83. The van der Waals surface area contributed by atoms with Crippen molar-refractivity contribution in [2.75, 3.05) is 16.6 Å². The van der Waals surface area contributed by atoms with E-state index in [0.29, 0.717) is 11.4 Å². The molecule has 1 heterocycles. The number of carbonyl (C=O) groups is 1. The molecular formula is C16H16N4O5S. The van der Waals surface area contributed by atoms with Crippen LogP contribution in [0.3, 0.4) is 0 Å². The number of hydrogen-bond donors (Lipinski definition) is 2. The van der Waals surface area contributed by atoms with E-state index in [1.54, 1.807) is 19.9 Å². The van der Waals surface area contributed by atoms with Crippen LogP contribution in [0.15, 0.2) is 51.5 Å². The molecule has 2 aromatic rings. The number of benzene rings is 1. The van der Waals surface area contributed by atoms with Crippen molar-refractivity contribution in [3.05, 3.63) is 47.9 Å². The van der Waals surface area contributed by atoms with Crippen molar-refractivity contribution in [3.8, 4) is 6.07 Å². The highest BCUT2D eigenvalue weighted by Crippen LogP contribution is 2.18. The van der Waals surface area contributed by atoms with Gasteiger partial charge in [0.1, 0.15) is 11.8 Å². The summed E-state index contributed by atoms with van der Waals surface area (Å²) in [5.41, 5.74) is 0.282. The first-order chi connectivity index (χ1) is 12.4. The highest BCUT2D eigenvalue weighted by molar-refractivity contribution is 7.92. The van der Waals surface area contributed by atoms with E-state index in [9.17, 15) is 13.2 Å². The highest BCUT2D eigenvalue weighted by atomic mass is 32.2. The molecular weight excluding hydrogens is 360 g/mol. The number of hydrogen-bond acceptors (Lipinski definition) is 8. The second-order valence-corrected chi connectivity index (χ2v) is 6.67. The summed E-state index contributed by atoms with van der Waals surface area (Å²) in [6.45, 7) is 3.43. The van der Waals surface area contributed by atoms with Crippen molar-refractivity contribution in [3.63, 3.8) is 0 Å². The Labute approximate surface area is 150 Å². The average Bonchev–Trinajstić information content (AvgIpc) is 3.00. The summed E-state index contributed by atoms with van der Waals surface area (Å²) in [5, 5.41) is 15.2. The maximum Gasteiger partial charge on any atom is 0.350 e. The average molecular weight is 376 g/mol. The number of rotatable bonds is 7. The molecule has 0 spiro atoms. The van der Waals surface area contributed by atoms with Crippen LogP contribution in [0.4, 0.5) is 11.5 Å². The Morgan fingerprint density at radius 2 is 2.08 bits per heavy atom. The zero-order valence-corrected chi connectivity index (χ0v) is 14.8. The summed E-state index contributed by atoms with van der Waals surface area (Å²) in [5.74, 6) is -0.182. The van der Waals surface area contributed by atoms with E-state index in [1.807, 2.05) is 0 Å². The number of anilines is 2. The topological polar surface area (TPSA) is 134 Å². The minimum absolute atomic E-state index is 0.0126. The zero-order chi connectivity index (χ0) is 19.2. The van der Waals surface area contributed by atoms with Crippen LogP contribution >= 0.6 is 0 Å². The van der Waals surface area contributed by atoms with Gasteiger partial charge in [-0.25, -0.2) is 13.2 Å². The van der Waals surface area contributed by atoms with E-state index in [0.717, 1.165) is 0 Å². The molecule has 1 aromatic heterocycles. The van der Waals surface area contributed by atoms with Crippen molar-refractivity contribution in [2.24, 2.45) is 0 Å². The maximum absolute atomic E-state index is 12.3. The summed E-state index contributed by atoms with van der Waals surface area (Å²) in [6.07, 6.45) is 1.19. The van der Waals surface area contributed by atoms with Gasteiger partial charge in [0.2, 0.25) is 0 Å². The van der Waals surface area contributed by atoms with E-state index in [-0.39, 0.29) is 22.9 Å². The molecule has 0 radical (unpaired) electrons. The molecule has 1 aromatic carbocycles. The Hall–Kier alpha value is -3.32. The minimum atomic E-state index is -3.82. The standard InChI is InChI=1S/C16H16N4O5S/c1-3-24-16(21)12(9-17)10-18-13-4-6-14(7-5-13)26(22,23)20-15-8-11(2)25-19-15/h4-8,10,18H,3H2,1-2H3,(H,19,20)/b12-10-. The molecule has 2 N–H and O–H groups in total. The number of nitriles is 1. The van der Waals surface area contributed by atoms with Gasteiger partial charge in [-0.3, -0.25) is 4.72 Å². The molecule has 0 atom stereocenters. The predicted octanol–water partition coefficient (Wildman–Crippen LogP) is 2.17. The molecule has 0 bridgehead atoms. The number of nitrogens with one attached hydrogen (secondary N) is 2. The molecule has 0 fully saturated rings. The van der Waals surface area contributed by atoms with Crippen LogP contribution in [0.5, 0.6) is 0 Å². The molecule has 26 heavy (non-hydrogen) atoms. The SMILES string of the molecule is CCOC(=O)/C(C#N)=C\Nc1ccc(S(=O)(=O)Nc2cc(C)on2)cc1. The van der Waals surface area contributed by atoms with Crippen molar-refractivity contribution in [1.29, 1.82) is 5.26 Å². The fourth-order valence-electron chi connectivity index (χ4n) is 1.84. The van der Waals surface area contributed by atoms with Gasteiger partial charge < -0.3 is 14.6 Å². The molecule has 0 aliphatic rings. The van der Waals surface area contributed by atoms with Crippen LogP contribution < -0.4 is 10.0 Å². The molecule has 0 aliphatic carbocycles. The van der Waals surface area contributed by atoms with E-state index in [4.69, 9.17) is 14.5 Å². The number of ether oxygens (including phenoxy) is 1. The third kappa shape index (κ3) is 4.84. The third-order valence-corrected chi connectivity index (χ3v) is 4.40. The number of esters is 1. The number of aromatic nitrogens is 1. The van der Waals surface area contributed by atoms with Crippen LogP contribution in [-0.4, -0.2) is 26.2 Å². The quantitative estimate of drug-likeness (QED) is 0.426. The normalized spacial score (nSPS) is 11.5. The second-order valence-electron chi connectivity index (χ2n) is 4.99. The van der Waals surface area contributed by atoms with Gasteiger partial charge in [0.15, 0.2) is 11.4 Å². The van der Waals surface area contributed by atoms with Crippen LogP contribution in [0, 0.1) is 18.3 Å². The molecule has 2 rings (SSSR count). The van der Waals surface area contributed by atoms with Gasteiger partial charge >= 0.3 is 5.97 Å². The smallest absolute Gasteiger partial charge is 0.350 e. The van der Waals surface area contributed by atoms with E-state index in [1.165, 1.54) is 36.5 Å². The van der Waals surface area contributed by atoms with E-state index < -0.39 is 16.0 Å². The molecule has 0 unspecified atom stereocenters. The maximum atomic E-state index is 12.3.